The van der Waals surface area contributed by atoms with Gasteiger partial charge in [-0.3, -0.25) is 0 Å². The summed E-state index contributed by atoms with van der Waals surface area (Å²) < 4.78 is 0. The Hall–Kier alpha value is -0.340. The average molecular weight is 155 g/mol. The molecule has 1 heterocycles. The van der Waals surface area contributed by atoms with Crippen molar-refractivity contribution in [2.45, 2.75) is 12.8 Å². The second-order valence-electron chi connectivity index (χ2n) is 3.53. The predicted octanol–water partition coefficient (Wildman–Crippen LogP) is 0.877. The van der Waals surface area contributed by atoms with E-state index in [0.717, 1.165) is 17.9 Å². The summed E-state index contributed by atoms with van der Waals surface area (Å²) in [4.78, 5) is 2.33. The van der Waals surface area contributed by atoms with Gasteiger partial charge in [-0.2, -0.15) is 0 Å². The van der Waals surface area contributed by atoms with Gasteiger partial charge in [0, 0.05) is 6.54 Å². The molecular weight excluding hydrogens is 138 g/mol. The maximum absolute atomic E-state index is 8.75. The van der Waals surface area contributed by atoms with E-state index in [2.05, 4.69) is 18.5 Å². The second kappa shape index (κ2) is 3.88. The number of rotatable bonds is 3. The molecule has 0 spiro atoms. The molecule has 1 N–H and O–H groups in total. The van der Waals surface area contributed by atoms with Crippen molar-refractivity contribution in [2.75, 3.05) is 26.7 Å². The molecule has 0 aliphatic carbocycles. The Morgan fingerprint density at radius 3 is 2.91 bits per heavy atom. The number of hydrogen-bond donors (Lipinski definition) is 1. The molecule has 64 valence electrons. The molecule has 0 aromatic rings. The molecule has 1 rings (SSSR count). The van der Waals surface area contributed by atoms with Crippen molar-refractivity contribution >= 4 is 0 Å². The van der Waals surface area contributed by atoms with E-state index in [-0.39, 0.29) is 6.61 Å². The van der Waals surface area contributed by atoms with E-state index < -0.39 is 0 Å². The summed E-state index contributed by atoms with van der Waals surface area (Å²) in [6, 6.07) is 0. The van der Waals surface area contributed by atoms with Gasteiger partial charge in [-0.1, -0.05) is 12.2 Å². The van der Waals surface area contributed by atoms with Gasteiger partial charge in [-0.05, 0) is 32.4 Å². The van der Waals surface area contributed by atoms with Crippen molar-refractivity contribution in [1.82, 2.24) is 4.90 Å². The summed E-state index contributed by atoms with van der Waals surface area (Å²) in [6.07, 6.45) is 2.26. The molecule has 1 atom stereocenters. The molecule has 1 aliphatic rings. The fourth-order valence-corrected chi connectivity index (χ4v) is 1.67. The highest BCUT2D eigenvalue weighted by atomic mass is 16.3. The zero-order valence-electron chi connectivity index (χ0n) is 7.21. The van der Waals surface area contributed by atoms with Crippen LogP contribution in [-0.2, 0) is 0 Å². The standard InChI is InChI=1S/C9H17NO/c1-8(7-11)5-9-3-4-10(2)6-9/h9,11H,1,3-7H2,2H3. The Labute approximate surface area is 68.5 Å². The smallest absolute Gasteiger partial charge is 0.0639 e. The highest BCUT2D eigenvalue weighted by Crippen LogP contribution is 2.20. The quantitative estimate of drug-likeness (QED) is 0.611. The molecule has 0 saturated carbocycles. The Bertz CT molecular complexity index is 144. The van der Waals surface area contributed by atoms with E-state index in [1.54, 1.807) is 0 Å². The van der Waals surface area contributed by atoms with E-state index in [9.17, 15) is 0 Å². The van der Waals surface area contributed by atoms with Crippen LogP contribution in [0.25, 0.3) is 0 Å². The van der Waals surface area contributed by atoms with E-state index in [0.29, 0.717) is 0 Å². The number of hydrogen-bond acceptors (Lipinski definition) is 2. The fourth-order valence-electron chi connectivity index (χ4n) is 1.67. The van der Waals surface area contributed by atoms with Crippen LogP contribution < -0.4 is 0 Å². The Morgan fingerprint density at radius 1 is 1.73 bits per heavy atom. The Morgan fingerprint density at radius 2 is 2.45 bits per heavy atom. The molecule has 0 radical (unpaired) electrons. The zero-order chi connectivity index (χ0) is 8.27. The van der Waals surface area contributed by atoms with Crippen LogP contribution in [0.15, 0.2) is 12.2 Å². The third-order valence-electron chi connectivity index (χ3n) is 2.29. The van der Waals surface area contributed by atoms with E-state index >= 15 is 0 Å². The van der Waals surface area contributed by atoms with Crippen LogP contribution in [0.2, 0.25) is 0 Å². The SMILES string of the molecule is C=C(CO)CC1CCN(C)C1. The molecule has 11 heavy (non-hydrogen) atoms. The Kier molecular flexibility index (Phi) is 3.09. The topological polar surface area (TPSA) is 23.5 Å². The summed E-state index contributed by atoms with van der Waals surface area (Å²) in [5, 5.41) is 8.75. The molecule has 1 fully saturated rings. The van der Waals surface area contributed by atoms with Crippen molar-refractivity contribution in [3.8, 4) is 0 Å². The van der Waals surface area contributed by atoms with E-state index in [4.69, 9.17) is 5.11 Å². The lowest BCUT2D eigenvalue weighted by molar-refractivity contribution is 0.318. The van der Waals surface area contributed by atoms with Gasteiger partial charge in [0.15, 0.2) is 0 Å². The van der Waals surface area contributed by atoms with Crippen LogP contribution >= 0.6 is 0 Å². The first-order valence-electron chi connectivity index (χ1n) is 4.18. The van der Waals surface area contributed by atoms with Gasteiger partial charge in [-0.25, -0.2) is 0 Å². The molecule has 0 aromatic heterocycles. The molecule has 0 bridgehead atoms. The molecule has 1 saturated heterocycles. The van der Waals surface area contributed by atoms with Crippen molar-refractivity contribution in [3.63, 3.8) is 0 Å². The summed E-state index contributed by atoms with van der Waals surface area (Å²) >= 11 is 0. The van der Waals surface area contributed by atoms with Gasteiger partial charge in [0.2, 0.25) is 0 Å². The minimum atomic E-state index is 0.153. The van der Waals surface area contributed by atoms with Crippen molar-refractivity contribution in [2.24, 2.45) is 5.92 Å². The van der Waals surface area contributed by atoms with E-state index in [1.165, 1.54) is 19.5 Å². The number of aliphatic hydroxyl groups excluding tert-OH is 1. The highest BCUT2D eigenvalue weighted by Gasteiger charge is 2.19. The maximum Gasteiger partial charge on any atom is 0.0639 e. The Balaban J connectivity index is 2.23. The molecule has 2 nitrogen and oxygen atoms in total. The third-order valence-corrected chi connectivity index (χ3v) is 2.29. The lowest BCUT2D eigenvalue weighted by atomic mass is 10.0. The van der Waals surface area contributed by atoms with Crippen LogP contribution in [0, 0.1) is 5.92 Å². The van der Waals surface area contributed by atoms with Crippen LogP contribution in [-0.4, -0.2) is 36.8 Å². The molecule has 1 unspecified atom stereocenters. The monoisotopic (exact) mass is 155 g/mol. The molecule has 0 aromatic carbocycles. The first kappa shape index (κ1) is 8.75. The molecule has 1 aliphatic heterocycles. The van der Waals surface area contributed by atoms with Gasteiger partial charge >= 0.3 is 0 Å². The van der Waals surface area contributed by atoms with Gasteiger partial charge in [0.1, 0.15) is 0 Å². The largest absolute Gasteiger partial charge is 0.392 e. The van der Waals surface area contributed by atoms with Gasteiger partial charge in [0.25, 0.3) is 0 Å². The van der Waals surface area contributed by atoms with Crippen molar-refractivity contribution < 1.29 is 5.11 Å². The van der Waals surface area contributed by atoms with Crippen molar-refractivity contribution in [1.29, 1.82) is 0 Å². The first-order valence-corrected chi connectivity index (χ1v) is 4.18. The average Bonchev–Trinajstić information content (AvgIpc) is 2.35. The summed E-state index contributed by atoms with van der Waals surface area (Å²) in [5.41, 5.74) is 0.977. The minimum Gasteiger partial charge on any atom is -0.392 e. The fraction of sp³-hybridized carbons (Fsp3) is 0.778. The molecular formula is C9H17NO. The maximum atomic E-state index is 8.75. The van der Waals surface area contributed by atoms with Gasteiger partial charge in [0.05, 0.1) is 6.61 Å². The highest BCUT2D eigenvalue weighted by molar-refractivity contribution is 4.96. The van der Waals surface area contributed by atoms with Crippen LogP contribution in [0.5, 0.6) is 0 Å². The minimum absolute atomic E-state index is 0.153. The zero-order valence-corrected chi connectivity index (χ0v) is 7.21. The second-order valence-corrected chi connectivity index (χ2v) is 3.53. The summed E-state index contributed by atoms with van der Waals surface area (Å²) in [5.74, 6) is 0.736. The number of aliphatic hydroxyl groups is 1. The first-order chi connectivity index (χ1) is 5.22. The lowest BCUT2D eigenvalue weighted by Crippen LogP contribution is -2.14. The molecule has 2 heteroatoms. The van der Waals surface area contributed by atoms with Gasteiger partial charge < -0.3 is 10.0 Å². The third kappa shape index (κ3) is 2.64. The van der Waals surface area contributed by atoms with Gasteiger partial charge in [-0.15, -0.1) is 0 Å². The number of likely N-dealkylation sites (tertiary alicyclic amines) is 1. The lowest BCUT2D eigenvalue weighted by Gasteiger charge is -2.10. The van der Waals surface area contributed by atoms with Crippen LogP contribution in [0.4, 0.5) is 0 Å². The predicted molar refractivity (Wildman–Crippen MR) is 46.4 cm³/mol. The van der Waals surface area contributed by atoms with E-state index in [1.807, 2.05) is 0 Å². The number of nitrogens with zero attached hydrogens (tertiary/aromatic N) is 1. The normalized spacial score (nSPS) is 25.8. The molecule has 0 amide bonds. The summed E-state index contributed by atoms with van der Waals surface area (Å²) in [6.45, 7) is 6.31. The summed E-state index contributed by atoms with van der Waals surface area (Å²) in [7, 11) is 2.14. The van der Waals surface area contributed by atoms with Crippen molar-refractivity contribution in [3.05, 3.63) is 12.2 Å². The van der Waals surface area contributed by atoms with Crippen LogP contribution in [0.3, 0.4) is 0 Å². The van der Waals surface area contributed by atoms with Crippen LogP contribution in [0.1, 0.15) is 12.8 Å².